The van der Waals surface area contributed by atoms with E-state index in [1.165, 1.54) is 0 Å². The van der Waals surface area contributed by atoms with Crippen LogP contribution in [-0.2, 0) is 10.8 Å². The Bertz CT molecular complexity index is 211. The molecule has 0 heterocycles. The molecule has 104 valence electrons. The number of aliphatic hydroxyl groups is 1. The van der Waals surface area contributed by atoms with Crippen LogP contribution in [0.15, 0.2) is 0 Å². The van der Waals surface area contributed by atoms with Gasteiger partial charge >= 0.3 is 0 Å². The number of aliphatic hydroxyl groups excluding tert-OH is 1. The smallest absolute Gasteiger partial charge is 0.0791 e. The molecule has 3 unspecified atom stereocenters. The number of hydrogen-bond acceptors (Lipinski definition) is 4. The fourth-order valence-corrected chi connectivity index (χ4v) is 2.03. The molecular weight excluding hydrogens is 236 g/mol. The van der Waals surface area contributed by atoms with Gasteiger partial charge in [0.25, 0.3) is 0 Å². The molecule has 2 N–H and O–H groups in total. The molecule has 5 heteroatoms. The molecule has 0 aromatic heterocycles. The van der Waals surface area contributed by atoms with Crippen LogP contribution in [0.5, 0.6) is 0 Å². The van der Waals surface area contributed by atoms with Crippen LogP contribution in [0.1, 0.15) is 27.2 Å². The Balaban J connectivity index is 3.57. The van der Waals surface area contributed by atoms with E-state index in [-0.39, 0.29) is 11.4 Å². The molecule has 3 atom stereocenters. The van der Waals surface area contributed by atoms with Gasteiger partial charge < -0.3 is 15.3 Å². The summed E-state index contributed by atoms with van der Waals surface area (Å²) in [6.45, 7) is 10.3. The summed E-state index contributed by atoms with van der Waals surface area (Å²) in [5.74, 6) is 0. The van der Waals surface area contributed by atoms with Crippen LogP contribution in [0.4, 0.5) is 0 Å². The van der Waals surface area contributed by atoms with Crippen molar-refractivity contribution in [3.05, 3.63) is 0 Å². The second-order valence-corrected chi connectivity index (χ2v) is 6.24. The minimum absolute atomic E-state index is 0.224. The van der Waals surface area contributed by atoms with Crippen molar-refractivity contribution < 1.29 is 9.32 Å². The van der Waals surface area contributed by atoms with Gasteiger partial charge in [-0.3, -0.25) is 4.21 Å². The molecule has 0 saturated heterocycles. The lowest BCUT2D eigenvalue weighted by atomic mass is 10.3. The van der Waals surface area contributed by atoms with E-state index in [1.54, 1.807) is 6.26 Å². The molecule has 0 amide bonds. The van der Waals surface area contributed by atoms with Gasteiger partial charge in [0.1, 0.15) is 0 Å². The summed E-state index contributed by atoms with van der Waals surface area (Å²) < 4.78 is 11.1. The van der Waals surface area contributed by atoms with Crippen LogP contribution in [0.3, 0.4) is 0 Å². The van der Waals surface area contributed by atoms with Crippen LogP contribution in [0.2, 0.25) is 0 Å². The number of nitrogens with one attached hydrogen (secondary N) is 1. The first kappa shape index (κ1) is 17.0. The topological polar surface area (TPSA) is 52.6 Å². The van der Waals surface area contributed by atoms with Crippen LogP contribution in [-0.4, -0.2) is 64.5 Å². The van der Waals surface area contributed by atoms with E-state index in [4.69, 9.17) is 0 Å². The van der Waals surface area contributed by atoms with E-state index in [9.17, 15) is 9.32 Å². The predicted octanol–water partition coefficient (Wildman–Crippen LogP) is 0.436. The lowest BCUT2D eigenvalue weighted by molar-refractivity contribution is 0.117. The largest absolute Gasteiger partial charge is 0.390 e. The quantitative estimate of drug-likeness (QED) is 0.562. The van der Waals surface area contributed by atoms with Gasteiger partial charge in [-0.25, -0.2) is 0 Å². The summed E-state index contributed by atoms with van der Waals surface area (Å²) in [5, 5.41) is 13.2. The Morgan fingerprint density at radius 3 is 2.41 bits per heavy atom. The highest BCUT2D eigenvalue weighted by Crippen LogP contribution is 1.97. The normalized spacial score (nSPS) is 17.1. The highest BCUT2D eigenvalue weighted by atomic mass is 32.2. The van der Waals surface area contributed by atoms with Gasteiger partial charge in [0.05, 0.1) is 6.10 Å². The zero-order chi connectivity index (χ0) is 13.3. The van der Waals surface area contributed by atoms with Gasteiger partial charge in [-0.2, -0.15) is 0 Å². The maximum absolute atomic E-state index is 11.1. The molecule has 0 radical (unpaired) electrons. The van der Waals surface area contributed by atoms with Crippen molar-refractivity contribution in [3.8, 4) is 0 Å². The maximum atomic E-state index is 11.1. The standard InChI is InChI=1S/C12H28N2O2S/c1-5-14(6-2)10-12(15)9-13-8-7-11(3)17(4)16/h11-13,15H,5-10H2,1-4H3. The van der Waals surface area contributed by atoms with Gasteiger partial charge in [-0.15, -0.1) is 0 Å². The number of rotatable bonds is 10. The summed E-state index contributed by atoms with van der Waals surface area (Å²) >= 11 is 0. The SMILES string of the molecule is CCN(CC)CC(O)CNCCC(C)S(C)=O. The van der Waals surface area contributed by atoms with Crippen molar-refractivity contribution in [2.24, 2.45) is 0 Å². The predicted molar refractivity (Wildman–Crippen MR) is 74.8 cm³/mol. The Hall–Kier alpha value is 0.0300. The van der Waals surface area contributed by atoms with E-state index < -0.39 is 10.8 Å². The number of likely N-dealkylation sites (N-methyl/N-ethyl adjacent to an activating group) is 1. The first-order valence-electron chi connectivity index (χ1n) is 6.44. The van der Waals surface area contributed by atoms with Crippen LogP contribution < -0.4 is 5.32 Å². The molecule has 0 spiro atoms. The third-order valence-electron chi connectivity index (χ3n) is 3.04. The third-order valence-corrected chi connectivity index (χ3v) is 4.41. The molecule has 0 bridgehead atoms. The Kier molecular flexibility index (Phi) is 10.0. The summed E-state index contributed by atoms with van der Waals surface area (Å²) in [4.78, 5) is 2.20. The van der Waals surface area contributed by atoms with Gasteiger partial charge in [0.15, 0.2) is 0 Å². The first-order valence-corrected chi connectivity index (χ1v) is 8.06. The summed E-state index contributed by atoms with van der Waals surface area (Å²) in [5.41, 5.74) is 0. The molecule has 0 rings (SSSR count). The van der Waals surface area contributed by atoms with E-state index in [0.717, 1.165) is 32.6 Å². The lowest BCUT2D eigenvalue weighted by Crippen LogP contribution is -2.38. The third kappa shape index (κ3) is 8.71. The van der Waals surface area contributed by atoms with Gasteiger partial charge in [-0.1, -0.05) is 20.8 Å². The zero-order valence-corrected chi connectivity index (χ0v) is 12.4. The average Bonchev–Trinajstić information content (AvgIpc) is 2.31. The van der Waals surface area contributed by atoms with Crippen molar-refractivity contribution in [2.75, 3.05) is 39.0 Å². The molecule has 4 nitrogen and oxygen atoms in total. The van der Waals surface area contributed by atoms with Crippen molar-refractivity contribution in [2.45, 2.75) is 38.5 Å². The van der Waals surface area contributed by atoms with Crippen molar-refractivity contribution >= 4 is 10.8 Å². The van der Waals surface area contributed by atoms with Crippen molar-refractivity contribution in [1.82, 2.24) is 10.2 Å². The highest BCUT2D eigenvalue weighted by molar-refractivity contribution is 7.84. The number of nitrogens with zero attached hydrogens (tertiary/aromatic N) is 1. The van der Waals surface area contributed by atoms with E-state index in [0.29, 0.717) is 6.54 Å². The van der Waals surface area contributed by atoms with Crippen LogP contribution in [0, 0.1) is 0 Å². The molecule has 0 aromatic rings. The Morgan fingerprint density at radius 2 is 1.94 bits per heavy atom. The highest BCUT2D eigenvalue weighted by Gasteiger charge is 2.09. The average molecular weight is 264 g/mol. The van der Waals surface area contributed by atoms with Crippen LogP contribution in [0.25, 0.3) is 0 Å². The molecule has 17 heavy (non-hydrogen) atoms. The fraction of sp³-hybridized carbons (Fsp3) is 1.00. The molecular formula is C12H28N2O2S. The lowest BCUT2D eigenvalue weighted by Gasteiger charge is -2.22. The first-order chi connectivity index (χ1) is 8.01. The van der Waals surface area contributed by atoms with E-state index >= 15 is 0 Å². The van der Waals surface area contributed by atoms with E-state index in [2.05, 4.69) is 24.1 Å². The van der Waals surface area contributed by atoms with E-state index in [1.807, 2.05) is 6.92 Å². The minimum atomic E-state index is -0.747. The van der Waals surface area contributed by atoms with Crippen molar-refractivity contribution in [3.63, 3.8) is 0 Å². The zero-order valence-electron chi connectivity index (χ0n) is 11.6. The van der Waals surface area contributed by atoms with Crippen molar-refractivity contribution in [1.29, 1.82) is 0 Å². The summed E-state index contributed by atoms with van der Waals surface area (Å²) in [7, 11) is -0.747. The molecule has 0 aliphatic carbocycles. The molecule has 0 aromatic carbocycles. The molecule has 0 aliphatic rings. The molecule has 0 fully saturated rings. The van der Waals surface area contributed by atoms with Gasteiger partial charge in [-0.05, 0) is 26.1 Å². The van der Waals surface area contributed by atoms with Gasteiger partial charge in [0.2, 0.25) is 0 Å². The molecule has 0 saturated carbocycles. The maximum Gasteiger partial charge on any atom is 0.0791 e. The number of hydrogen-bond donors (Lipinski definition) is 2. The monoisotopic (exact) mass is 264 g/mol. The Morgan fingerprint density at radius 1 is 1.35 bits per heavy atom. The van der Waals surface area contributed by atoms with Gasteiger partial charge in [0, 0.05) is 35.4 Å². The molecule has 0 aliphatic heterocycles. The van der Waals surface area contributed by atoms with Crippen LogP contribution >= 0.6 is 0 Å². The Labute approximate surface area is 108 Å². The fourth-order valence-electron chi connectivity index (χ4n) is 1.58. The second kappa shape index (κ2) is 10.00. The minimum Gasteiger partial charge on any atom is -0.390 e. The second-order valence-electron chi connectivity index (χ2n) is 4.44. The summed E-state index contributed by atoms with van der Waals surface area (Å²) in [6, 6.07) is 0. The summed E-state index contributed by atoms with van der Waals surface area (Å²) in [6.07, 6.45) is 2.30.